The Kier molecular flexibility index (Phi) is 4.22. The van der Waals surface area contributed by atoms with Crippen LogP contribution in [-0.4, -0.2) is 31.3 Å². The van der Waals surface area contributed by atoms with Crippen molar-refractivity contribution in [1.82, 2.24) is 10.6 Å². The molecule has 0 aromatic rings. The third-order valence-corrected chi connectivity index (χ3v) is 4.50. The summed E-state index contributed by atoms with van der Waals surface area (Å²) < 4.78 is 38.1. The Balaban J connectivity index is 1.69. The molecule has 1 aliphatic heterocycles. The van der Waals surface area contributed by atoms with Crippen molar-refractivity contribution in [3.63, 3.8) is 0 Å². The normalized spacial score (nSPS) is 29.0. The molecule has 2 rings (SSSR count). The lowest BCUT2D eigenvalue weighted by Crippen LogP contribution is -2.45. The highest BCUT2D eigenvalue weighted by Gasteiger charge is 2.62. The SMILES string of the molecule is CC(CCNC1(C(F)(F)F)CC1)C1CCCNC1. The van der Waals surface area contributed by atoms with Gasteiger partial charge in [0.25, 0.3) is 0 Å². The fraction of sp³-hybridized carbons (Fsp3) is 1.00. The average molecular weight is 264 g/mol. The van der Waals surface area contributed by atoms with Crippen molar-refractivity contribution in [1.29, 1.82) is 0 Å². The number of hydrogen-bond donors (Lipinski definition) is 2. The van der Waals surface area contributed by atoms with Gasteiger partial charge in [0.05, 0.1) is 0 Å². The number of halogens is 3. The van der Waals surface area contributed by atoms with Crippen LogP contribution in [0.2, 0.25) is 0 Å². The van der Waals surface area contributed by atoms with E-state index < -0.39 is 11.7 Å². The third kappa shape index (κ3) is 3.18. The van der Waals surface area contributed by atoms with E-state index in [9.17, 15) is 13.2 Å². The monoisotopic (exact) mass is 264 g/mol. The van der Waals surface area contributed by atoms with Crippen molar-refractivity contribution in [2.24, 2.45) is 11.8 Å². The molecule has 2 unspecified atom stereocenters. The zero-order chi connectivity index (χ0) is 13.2. The smallest absolute Gasteiger partial charge is 0.316 e. The van der Waals surface area contributed by atoms with Crippen molar-refractivity contribution < 1.29 is 13.2 Å². The summed E-state index contributed by atoms with van der Waals surface area (Å²) in [5.74, 6) is 1.12. The van der Waals surface area contributed by atoms with Crippen LogP contribution in [0, 0.1) is 11.8 Å². The van der Waals surface area contributed by atoms with Gasteiger partial charge in [-0.25, -0.2) is 0 Å². The highest BCUT2D eigenvalue weighted by Crippen LogP contribution is 2.48. The fourth-order valence-corrected chi connectivity index (χ4v) is 2.82. The molecule has 0 aromatic heterocycles. The Labute approximate surface area is 107 Å². The Hall–Kier alpha value is -0.290. The predicted molar refractivity (Wildman–Crippen MR) is 65.4 cm³/mol. The molecule has 2 N–H and O–H groups in total. The molecule has 1 saturated carbocycles. The van der Waals surface area contributed by atoms with Gasteiger partial charge < -0.3 is 10.6 Å². The lowest BCUT2D eigenvalue weighted by Gasteiger charge is -2.29. The van der Waals surface area contributed by atoms with E-state index in [1.54, 1.807) is 0 Å². The largest absolute Gasteiger partial charge is 0.406 e. The standard InChI is InChI=1S/C13H23F3N2/c1-10(11-3-2-7-17-9-11)4-8-18-12(5-6-12)13(14,15)16/h10-11,17-18H,2-9H2,1H3. The molecule has 0 bridgehead atoms. The molecule has 0 spiro atoms. The lowest BCUT2D eigenvalue weighted by atomic mass is 9.85. The van der Waals surface area contributed by atoms with Crippen molar-refractivity contribution in [2.75, 3.05) is 19.6 Å². The van der Waals surface area contributed by atoms with Crippen LogP contribution in [-0.2, 0) is 0 Å². The van der Waals surface area contributed by atoms with E-state index in [1.165, 1.54) is 12.8 Å². The van der Waals surface area contributed by atoms with Crippen LogP contribution in [0.1, 0.15) is 39.0 Å². The molecule has 1 heterocycles. The molecule has 2 fully saturated rings. The molecule has 2 nitrogen and oxygen atoms in total. The summed E-state index contributed by atoms with van der Waals surface area (Å²) in [6, 6.07) is 0. The number of alkyl halides is 3. The van der Waals surface area contributed by atoms with E-state index in [2.05, 4.69) is 17.6 Å². The van der Waals surface area contributed by atoms with Crippen LogP contribution in [0.5, 0.6) is 0 Å². The summed E-state index contributed by atoms with van der Waals surface area (Å²) in [6.07, 6.45) is -0.355. The van der Waals surface area contributed by atoms with Gasteiger partial charge in [-0.15, -0.1) is 0 Å². The predicted octanol–water partition coefficient (Wildman–Crippen LogP) is 2.70. The molecule has 0 amide bonds. The fourth-order valence-electron chi connectivity index (χ4n) is 2.82. The van der Waals surface area contributed by atoms with Crippen molar-refractivity contribution in [2.45, 2.75) is 50.7 Å². The van der Waals surface area contributed by atoms with Crippen LogP contribution in [0.3, 0.4) is 0 Å². The second-order valence-electron chi connectivity index (χ2n) is 5.88. The molecule has 5 heteroatoms. The zero-order valence-electron chi connectivity index (χ0n) is 10.9. The van der Waals surface area contributed by atoms with Crippen LogP contribution in [0.15, 0.2) is 0 Å². The number of hydrogen-bond acceptors (Lipinski definition) is 2. The number of rotatable bonds is 5. The van der Waals surface area contributed by atoms with Crippen molar-refractivity contribution in [3.8, 4) is 0 Å². The molecule has 2 aliphatic rings. The molecular weight excluding hydrogens is 241 g/mol. The maximum atomic E-state index is 12.7. The van der Waals surface area contributed by atoms with Crippen LogP contribution < -0.4 is 10.6 Å². The Morgan fingerprint density at radius 2 is 2.11 bits per heavy atom. The topological polar surface area (TPSA) is 24.1 Å². The molecule has 1 saturated heterocycles. The van der Waals surface area contributed by atoms with Crippen LogP contribution in [0.4, 0.5) is 13.2 Å². The van der Waals surface area contributed by atoms with Gasteiger partial charge in [0.2, 0.25) is 0 Å². The maximum absolute atomic E-state index is 12.7. The number of piperidine rings is 1. The lowest BCUT2D eigenvalue weighted by molar-refractivity contribution is -0.165. The molecule has 18 heavy (non-hydrogen) atoms. The van der Waals surface area contributed by atoms with Gasteiger partial charge >= 0.3 is 6.18 Å². The minimum atomic E-state index is -4.08. The first kappa shape index (κ1) is 14.1. The molecule has 0 aromatic carbocycles. The van der Waals surface area contributed by atoms with Gasteiger partial charge in [-0.2, -0.15) is 13.2 Å². The van der Waals surface area contributed by atoms with Gasteiger partial charge in [-0.1, -0.05) is 6.92 Å². The van der Waals surface area contributed by atoms with E-state index in [-0.39, 0.29) is 12.8 Å². The average Bonchev–Trinajstić information content (AvgIpc) is 3.10. The van der Waals surface area contributed by atoms with E-state index >= 15 is 0 Å². The molecule has 0 radical (unpaired) electrons. The van der Waals surface area contributed by atoms with Crippen LogP contribution >= 0.6 is 0 Å². The Morgan fingerprint density at radius 1 is 1.39 bits per heavy atom. The van der Waals surface area contributed by atoms with Crippen LogP contribution in [0.25, 0.3) is 0 Å². The van der Waals surface area contributed by atoms with Gasteiger partial charge in [0.15, 0.2) is 0 Å². The maximum Gasteiger partial charge on any atom is 0.406 e. The second kappa shape index (κ2) is 5.37. The quantitative estimate of drug-likeness (QED) is 0.798. The Morgan fingerprint density at radius 3 is 2.61 bits per heavy atom. The van der Waals surface area contributed by atoms with E-state index in [4.69, 9.17) is 0 Å². The summed E-state index contributed by atoms with van der Waals surface area (Å²) in [5.41, 5.74) is -1.54. The first-order valence-corrected chi connectivity index (χ1v) is 6.97. The minimum Gasteiger partial charge on any atom is -0.316 e. The summed E-state index contributed by atoms with van der Waals surface area (Å²) in [4.78, 5) is 0. The van der Waals surface area contributed by atoms with Crippen molar-refractivity contribution >= 4 is 0 Å². The highest BCUT2D eigenvalue weighted by atomic mass is 19.4. The third-order valence-electron chi connectivity index (χ3n) is 4.50. The Bertz CT molecular complexity index is 268. The summed E-state index contributed by atoms with van der Waals surface area (Å²) in [5, 5.41) is 6.09. The van der Waals surface area contributed by atoms with Gasteiger partial charge in [-0.3, -0.25) is 0 Å². The first-order valence-electron chi connectivity index (χ1n) is 6.97. The second-order valence-corrected chi connectivity index (χ2v) is 5.88. The van der Waals surface area contributed by atoms with E-state index in [1.807, 2.05) is 0 Å². The van der Waals surface area contributed by atoms with Gasteiger partial charge in [0.1, 0.15) is 5.54 Å². The van der Waals surface area contributed by atoms with E-state index in [0.717, 1.165) is 19.5 Å². The summed E-state index contributed by atoms with van der Waals surface area (Å²) >= 11 is 0. The zero-order valence-corrected chi connectivity index (χ0v) is 10.9. The van der Waals surface area contributed by atoms with E-state index in [0.29, 0.717) is 18.4 Å². The van der Waals surface area contributed by atoms with Gasteiger partial charge in [0, 0.05) is 0 Å². The molecular formula is C13H23F3N2. The molecule has 106 valence electrons. The van der Waals surface area contributed by atoms with Gasteiger partial charge in [-0.05, 0) is 63.6 Å². The summed E-state index contributed by atoms with van der Waals surface area (Å²) in [6.45, 7) is 4.74. The number of nitrogens with one attached hydrogen (secondary N) is 2. The highest BCUT2D eigenvalue weighted by molar-refractivity contribution is 5.07. The molecule has 1 aliphatic carbocycles. The van der Waals surface area contributed by atoms with Crippen molar-refractivity contribution in [3.05, 3.63) is 0 Å². The minimum absolute atomic E-state index is 0.246. The first-order chi connectivity index (χ1) is 8.45. The molecule has 2 atom stereocenters. The summed E-state index contributed by atoms with van der Waals surface area (Å²) in [7, 11) is 0.